The molecule has 0 saturated carbocycles. The third-order valence-corrected chi connectivity index (χ3v) is 4.94. The van der Waals surface area contributed by atoms with E-state index in [1.54, 1.807) is 0 Å². The van der Waals surface area contributed by atoms with Gasteiger partial charge in [0.05, 0.1) is 5.56 Å². The fraction of sp³-hybridized carbons (Fsp3) is 0.300. The first-order valence-electron chi connectivity index (χ1n) is 8.51. The summed E-state index contributed by atoms with van der Waals surface area (Å²) in [5.74, 6) is -0.970. The van der Waals surface area contributed by atoms with Crippen LogP contribution in [0.4, 0.5) is 8.78 Å². The molecule has 2 atom stereocenters. The van der Waals surface area contributed by atoms with Crippen molar-refractivity contribution in [2.75, 3.05) is 6.61 Å². The standard InChI is InChI=1S/C20H18F2N4O2/c1-19(22)11-28-18(24)26-20(19,2)14-7-12(3-5-15(14)21)8-17(27)16-6-4-13(9-23)10-25-16/h3-7,10H,8,11H2,1-2H3,(H2,24,26)/t19-,20+/m0/s1. The number of aliphatic imine (C=N–C) groups is 1. The minimum atomic E-state index is -2.01. The molecule has 28 heavy (non-hydrogen) atoms. The highest BCUT2D eigenvalue weighted by atomic mass is 19.1. The second kappa shape index (κ2) is 7.00. The number of halogens is 2. The lowest BCUT2D eigenvalue weighted by Gasteiger charge is -2.40. The molecule has 2 N–H and O–H groups in total. The lowest BCUT2D eigenvalue weighted by molar-refractivity contribution is 0.00398. The van der Waals surface area contributed by atoms with Crippen LogP contribution in [0.15, 0.2) is 41.5 Å². The summed E-state index contributed by atoms with van der Waals surface area (Å²) in [6.45, 7) is 2.34. The Balaban J connectivity index is 1.94. The van der Waals surface area contributed by atoms with Crippen LogP contribution in [0.3, 0.4) is 0 Å². The van der Waals surface area contributed by atoms with Crippen LogP contribution >= 0.6 is 0 Å². The highest BCUT2D eigenvalue weighted by Gasteiger charge is 2.51. The number of nitrogens with two attached hydrogens (primary N) is 1. The number of carbonyl (C=O) groups is 1. The Hall–Kier alpha value is -3.34. The van der Waals surface area contributed by atoms with Gasteiger partial charge in [-0.1, -0.05) is 6.07 Å². The Bertz CT molecular complexity index is 996. The molecule has 0 saturated heterocycles. The van der Waals surface area contributed by atoms with Gasteiger partial charge in [0.1, 0.15) is 29.7 Å². The average molecular weight is 384 g/mol. The highest BCUT2D eigenvalue weighted by molar-refractivity contribution is 5.95. The van der Waals surface area contributed by atoms with Crippen LogP contribution in [-0.4, -0.2) is 29.1 Å². The van der Waals surface area contributed by atoms with Crippen molar-refractivity contribution in [2.24, 2.45) is 10.7 Å². The highest BCUT2D eigenvalue weighted by Crippen LogP contribution is 2.43. The molecule has 0 spiro atoms. The van der Waals surface area contributed by atoms with Crippen LogP contribution in [-0.2, 0) is 16.7 Å². The fourth-order valence-corrected chi connectivity index (χ4v) is 3.02. The molecular weight excluding hydrogens is 366 g/mol. The van der Waals surface area contributed by atoms with Crippen LogP contribution in [0.5, 0.6) is 0 Å². The van der Waals surface area contributed by atoms with Crippen molar-refractivity contribution in [2.45, 2.75) is 31.5 Å². The number of carbonyl (C=O) groups excluding carboxylic acids is 1. The Morgan fingerprint density at radius 3 is 2.75 bits per heavy atom. The number of amidine groups is 1. The second-order valence-corrected chi connectivity index (χ2v) is 6.97. The Labute approximate surface area is 160 Å². The number of hydrogen-bond donors (Lipinski definition) is 1. The zero-order chi connectivity index (χ0) is 20.5. The van der Waals surface area contributed by atoms with Crippen molar-refractivity contribution in [3.63, 3.8) is 0 Å². The van der Waals surface area contributed by atoms with E-state index in [1.165, 1.54) is 50.4 Å². The van der Waals surface area contributed by atoms with E-state index in [1.807, 2.05) is 6.07 Å². The average Bonchev–Trinajstić information content (AvgIpc) is 2.66. The van der Waals surface area contributed by atoms with Crippen LogP contribution in [0.25, 0.3) is 0 Å². The zero-order valence-corrected chi connectivity index (χ0v) is 15.4. The van der Waals surface area contributed by atoms with Gasteiger partial charge in [-0.05, 0) is 43.7 Å². The Morgan fingerprint density at radius 1 is 1.36 bits per heavy atom. The smallest absolute Gasteiger partial charge is 0.283 e. The normalized spacial score (nSPS) is 24.0. The van der Waals surface area contributed by atoms with E-state index in [2.05, 4.69) is 9.98 Å². The van der Waals surface area contributed by atoms with E-state index in [0.717, 1.165) is 0 Å². The van der Waals surface area contributed by atoms with Gasteiger partial charge in [-0.3, -0.25) is 9.78 Å². The number of hydrogen-bond acceptors (Lipinski definition) is 6. The van der Waals surface area contributed by atoms with Crippen molar-refractivity contribution in [3.05, 3.63) is 64.7 Å². The minimum Gasteiger partial charge on any atom is -0.462 e. The topological polar surface area (TPSA) is 101 Å². The quantitative estimate of drug-likeness (QED) is 0.817. The number of aromatic nitrogens is 1. The van der Waals surface area contributed by atoms with Gasteiger partial charge in [0, 0.05) is 18.2 Å². The van der Waals surface area contributed by atoms with Crippen molar-refractivity contribution in [1.82, 2.24) is 4.98 Å². The maximum atomic E-state index is 15.1. The van der Waals surface area contributed by atoms with Gasteiger partial charge in [-0.2, -0.15) is 5.26 Å². The monoisotopic (exact) mass is 384 g/mol. The minimum absolute atomic E-state index is 0.0122. The molecule has 1 aliphatic heterocycles. The summed E-state index contributed by atoms with van der Waals surface area (Å²) in [6.07, 6.45) is 1.24. The van der Waals surface area contributed by atoms with Crippen LogP contribution in [0.2, 0.25) is 0 Å². The van der Waals surface area contributed by atoms with E-state index in [4.69, 9.17) is 15.7 Å². The molecule has 6 nitrogen and oxygen atoms in total. The van der Waals surface area contributed by atoms with Gasteiger partial charge in [0.2, 0.25) is 0 Å². The van der Waals surface area contributed by atoms with Crippen molar-refractivity contribution < 1.29 is 18.3 Å². The fourth-order valence-electron chi connectivity index (χ4n) is 3.02. The summed E-state index contributed by atoms with van der Waals surface area (Å²) >= 11 is 0. The largest absolute Gasteiger partial charge is 0.462 e. The number of pyridine rings is 1. The van der Waals surface area contributed by atoms with Crippen molar-refractivity contribution >= 4 is 11.8 Å². The predicted molar refractivity (Wildman–Crippen MR) is 97.8 cm³/mol. The van der Waals surface area contributed by atoms with Gasteiger partial charge in [0.15, 0.2) is 11.5 Å². The molecule has 2 aromatic rings. The third kappa shape index (κ3) is 3.43. The van der Waals surface area contributed by atoms with E-state index in [0.29, 0.717) is 11.1 Å². The second-order valence-electron chi connectivity index (χ2n) is 6.97. The number of alkyl halides is 1. The number of Topliss-reactive ketones (excluding diaryl/α,β-unsaturated/α-hetero) is 1. The Morgan fingerprint density at radius 2 is 2.11 bits per heavy atom. The molecule has 1 aliphatic rings. The molecule has 8 heteroatoms. The summed E-state index contributed by atoms with van der Waals surface area (Å²) in [6, 6.07) is 8.68. The van der Waals surface area contributed by atoms with Gasteiger partial charge >= 0.3 is 0 Å². The SMILES string of the molecule is C[C@]1(F)COC(N)=N[C@]1(C)c1cc(CC(=O)c2ccc(C#N)cn2)ccc1F. The van der Waals surface area contributed by atoms with E-state index in [-0.39, 0.29) is 36.1 Å². The van der Waals surface area contributed by atoms with Gasteiger partial charge in [-0.25, -0.2) is 13.8 Å². The number of ether oxygens (including phenoxy) is 1. The summed E-state index contributed by atoms with van der Waals surface area (Å²) < 4.78 is 34.7. The third-order valence-electron chi connectivity index (χ3n) is 4.94. The molecule has 0 radical (unpaired) electrons. The zero-order valence-electron chi connectivity index (χ0n) is 15.4. The summed E-state index contributed by atoms with van der Waals surface area (Å²) in [4.78, 5) is 20.5. The molecule has 0 fully saturated rings. The van der Waals surface area contributed by atoms with Crippen LogP contribution in [0.1, 0.15) is 41.0 Å². The first-order chi connectivity index (χ1) is 13.2. The molecule has 0 aliphatic carbocycles. The van der Waals surface area contributed by atoms with E-state index < -0.39 is 17.0 Å². The van der Waals surface area contributed by atoms with Gasteiger partial charge < -0.3 is 10.5 Å². The lowest BCUT2D eigenvalue weighted by Crippen LogP contribution is -2.52. The first kappa shape index (κ1) is 19.4. The summed E-state index contributed by atoms with van der Waals surface area (Å²) in [7, 11) is 0. The predicted octanol–water partition coefficient (Wildman–Crippen LogP) is 2.81. The number of nitrogens with zero attached hydrogens (tertiary/aromatic N) is 3. The van der Waals surface area contributed by atoms with Crippen molar-refractivity contribution in [3.8, 4) is 6.07 Å². The van der Waals surface area contributed by atoms with Gasteiger partial charge in [-0.15, -0.1) is 0 Å². The lowest BCUT2D eigenvalue weighted by atomic mass is 9.77. The van der Waals surface area contributed by atoms with E-state index >= 15 is 4.39 Å². The molecule has 0 bridgehead atoms. The maximum absolute atomic E-state index is 15.1. The molecule has 2 heterocycles. The number of rotatable bonds is 4. The molecule has 0 unspecified atom stereocenters. The number of nitriles is 1. The first-order valence-corrected chi connectivity index (χ1v) is 8.51. The molecule has 0 amide bonds. The number of benzene rings is 1. The molecular formula is C20H18F2N4O2. The molecule has 144 valence electrons. The molecule has 1 aromatic heterocycles. The summed E-state index contributed by atoms with van der Waals surface area (Å²) in [5.41, 5.74) is 2.96. The van der Waals surface area contributed by atoms with Crippen LogP contribution < -0.4 is 5.73 Å². The molecule has 3 rings (SSSR count). The van der Waals surface area contributed by atoms with E-state index in [9.17, 15) is 9.18 Å². The van der Waals surface area contributed by atoms with Gasteiger partial charge in [0.25, 0.3) is 6.02 Å². The Kier molecular flexibility index (Phi) is 4.86. The van der Waals surface area contributed by atoms with Crippen LogP contribution in [0, 0.1) is 17.1 Å². The summed E-state index contributed by atoms with van der Waals surface area (Å²) in [5, 5.41) is 8.80. The van der Waals surface area contributed by atoms with Crippen molar-refractivity contribution in [1.29, 1.82) is 5.26 Å². The molecule has 1 aromatic carbocycles. The number of ketones is 1. The maximum Gasteiger partial charge on any atom is 0.283 e.